The number of carbonyl (C=O) groups is 1. The van der Waals surface area contributed by atoms with Crippen molar-refractivity contribution >= 4 is 5.97 Å². The van der Waals surface area contributed by atoms with E-state index in [9.17, 15) is 9.90 Å². The molecule has 0 aromatic carbocycles. The van der Waals surface area contributed by atoms with Gasteiger partial charge in [0.05, 0.1) is 12.7 Å². The third-order valence-corrected chi connectivity index (χ3v) is 1.65. The molecule has 0 fully saturated rings. The monoisotopic (exact) mass is 186 g/mol. The highest BCUT2D eigenvalue weighted by Crippen LogP contribution is 2.02. The Morgan fingerprint density at radius 1 is 1.54 bits per heavy atom. The second kappa shape index (κ2) is 6.66. The molecule has 3 heteroatoms. The molecular formula is C10H18O3. The summed E-state index contributed by atoms with van der Waals surface area (Å²) in [7, 11) is 0. The van der Waals surface area contributed by atoms with Crippen molar-refractivity contribution in [3.8, 4) is 0 Å². The molecule has 0 aliphatic heterocycles. The van der Waals surface area contributed by atoms with Crippen LogP contribution in [0.4, 0.5) is 0 Å². The summed E-state index contributed by atoms with van der Waals surface area (Å²) in [5.74, 6) is -0.385. The Morgan fingerprint density at radius 3 is 2.62 bits per heavy atom. The van der Waals surface area contributed by atoms with Crippen molar-refractivity contribution in [2.24, 2.45) is 0 Å². The highest BCUT2D eigenvalue weighted by Gasteiger charge is 2.06. The van der Waals surface area contributed by atoms with E-state index in [-0.39, 0.29) is 18.7 Å². The standard InChI is InChI=1S/C10H18O3/c1-4-5-9(11)6-7-13-10(12)8(2)3/h9,11H,2,4-7H2,1,3H3. The molecule has 1 N–H and O–H groups in total. The number of aliphatic hydroxyl groups excluding tert-OH is 1. The maximum Gasteiger partial charge on any atom is 0.333 e. The Morgan fingerprint density at radius 2 is 2.15 bits per heavy atom. The molecule has 0 radical (unpaired) electrons. The number of aliphatic hydroxyl groups is 1. The lowest BCUT2D eigenvalue weighted by Crippen LogP contribution is -2.13. The summed E-state index contributed by atoms with van der Waals surface area (Å²) in [5.41, 5.74) is 0.394. The zero-order valence-corrected chi connectivity index (χ0v) is 8.38. The van der Waals surface area contributed by atoms with E-state index in [0.29, 0.717) is 12.0 Å². The van der Waals surface area contributed by atoms with Crippen LogP contribution in [0.5, 0.6) is 0 Å². The molecule has 0 saturated heterocycles. The third-order valence-electron chi connectivity index (χ3n) is 1.65. The van der Waals surface area contributed by atoms with Gasteiger partial charge >= 0.3 is 5.97 Å². The molecule has 76 valence electrons. The fraction of sp³-hybridized carbons (Fsp3) is 0.700. The van der Waals surface area contributed by atoms with Crippen molar-refractivity contribution < 1.29 is 14.6 Å². The second-order valence-electron chi connectivity index (χ2n) is 3.15. The lowest BCUT2D eigenvalue weighted by Gasteiger charge is -2.09. The average molecular weight is 186 g/mol. The Hall–Kier alpha value is -0.830. The average Bonchev–Trinajstić information content (AvgIpc) is 2.04. The number of rotatable bonds is 6. The van der Waals surface area contributed by atoms with Crippen LogP contribution >= 0.6 is 0 Å². The number of carbonyl (C=O) groups excluding carboxylic acids is 1. The fourth-order valence-electron chi connectivity index (χ4n) is 0.888. The first kappa shape index (κ1) is 12.2. The SMILES string of the molecule is C=C(C)C(=O)OCCC(O)CCC. The first-order chi connectivity index (χ1) is 6.07. The summed E-state index contributed by atoms with van der Waals surface area (Å²) in [4.78, 5) is 10.9. The summed E-state index contributed by atoms with van der Waals surface area (Å²) >= 11 is 0. The van der Waals surface area contributed by atoms with E-state index < -0.39 is 0 Å². The van der Waals surface area contributed by atoms with E-state index in [4.69, 9.17) is 4.74 Å². The molecule has 13 heavy (non-hydrogen) atoms. The van der Waals surface area contributed by atoms with Gasteiger partial charge in [-0.2, -0.15) is 0 Å². The van der Waals surface area contributed by atoms with Gasteiger partial charge < -0.3 is 9.84 Å². The van der Waals surface area contributed by atoms with Gasteiger partial charge in [0.25, 0.3) is 0 Å². The Labute approximate surface area is 79.4 Å². The fourth-order valence-corrected chi connectivity index (χ4v) is 0.888. The molecule has 0 aromatic heterocycles. The molecule has 0 saturated carbocycles. The molecule has 0 bridgehead atoms. The molecule has 0 aliphatic carbocycles. The van der Waals surface area contributed by atoms with E-state index in [1.54, 1.807) is 6.92 Å². The van der Waals surface area contributed by atoms with Crippen molar-refractivity contribution in [3.05, 3.63) is 12.2 Å². The van der Waals surface area contributed by atoms with Crippen LogP contribution in [0, 0.1) is 0 Å². The minimum Gasteiger partial charge on any atom is -0.462 e. The van der Waals surface area contributed by atoms with Gasteiger partial charge in [0, 0.05) is 12.0 Å². The van der Waals surface area contributed by atoms with Crippen molar-refractivity contribution in [2.75, 3.05) is 6.61 Å². The first-order valence-corrected chi connectivity index (χ1v) is 4.58. The molecule has 0 heterocycles. The lowest BCUT2D eigenvalue weighted by molar-refractivity contribution is -0.139. The zero-order chi connectivity index (χ0) is 10.3. The second-order valence-corrected chi connectivity index (χ2v) is 3.15. The maximum atomic E-state index is 10.9. The van der Waals surface area contributed by atoms with Gasteiger partial charge in [-0.15, -0.1) is 0 Å². The Balaban J connectivity index is 3.44. The summed E-state index contributed by atoms with van der Waals surface area (Å²) in [6, 6.07) is 0. The molecule has 1 unspecified atom stereocenters. The summed E-state index contributed by atoms with van der Waals surface area (Å²) in [6.45, 7) is 7.33. The molecule has 0 aromatic rings. The number of hydrogen-bond donors (Lipinski definition) is 1. The highest BCUT2D eigenvalue weighted by molar-refractivity contribution is 5.86. The van der Waals surface area contributed by atoms with Gasteiger partial charge in [-0.3, -0.25) is 0 Å². The molecule has 3 nitrogen and oxygen atoms in total. The summed E-state index contributed by atoms with van der Waals surface area (Å²) < 4.78 is 4.82. The van der Waals surface area contributed by atoms with Crippen LogP contribution in [0.15, 0.2) is 12.2 Å². The van der Waals surface area contributed by atoms with Crippen LogP contribution in [0.2, 0.25) is 0 Å². The van der Waals surface area contributed by atoms with E-state index in [0.717, 1.165) is 12.8 Å². The summed E-state index contributed by atoms with van der Waals surface area (Å²) in [6.07, 6.45) is 1.84. The van der Waals surface area contributed by atoms with Gasteiger partial charge in [0.1, 0.15) is 0 Å². The quantitative estimate of drug-likeness (QED) is 0.507. The molecule has 0 rings (SSSR count). The molecule has 0 aliphatic rings. The van der Waals surface area contributed by atoms with Gasteiger partial charge in [0.2, 0.25) is 0 Å². The van der Waals surface area contributed by atoms with Crippen molar-refractivity contribution in [3.63, 3.8) is 0 Å². The van der Waals surface area contributed by atoms with Crippen molar-refractivity contribution in [1.82, 2.24) is 0 Å². The van der Waals surface area contributed by atoms with Crippen LogP contribution in [0.25, 0.3) is 0 Å². The van der Waals surface area contributed by atoms with E-state index in [1.807, 2.05) is 6.92 Å². The molecule has 0 amide bonds. The van der Waals surface area contributed by atoms with Gasteiger partial charge in [-0.25, -0.2) is 4.79 Å². The van der Waals surface area contributed by atoms with Crippen LogP contribution in [-0.4, -0.2) is 23.8 Å². The van der Waals surface area contributed by atoms with E-state index in [1.165, 1.54) is 0 Å². The number of esters is 1. The smallest absolute Gasteiger partial charge is 0.333 e. The van der Waals surface area contributed by atoms with Crippen molar-refractivity contribution in [2.45, 2.75) is 39.2 Å². The predicted molar refractivity (Wildman–Crippen MR) is 51.3 cm³/mol. The topological polar surface area (TPSA) is 46.5 Å². The van der Waals surface area contributed by atoms with Crippen LogP contribution in [0.3, 0.4) is 0 Å². The van der Waals surface area contributed by atoms with Gasteiger partial charge in [0.15, 0.2) is 0 Å². The molecule has 1 atom stereocenters. The Kier molecular flexibility index (Phi) is 6.24. The first-order valence-electron chi connectivity index (χ1n) is 4.58. The van der Waals surface area contributed by atoms with Crippen molar-refractivity contribution in [1.29, 1.82) is 0 Å². The maximum absolute atomic E-state index is 10.9. The van der Waals surface area contributed by atoms with Gasteiger partial charge in [-0.1, -0.05) is 19.9 Å². The third kappa shape index (κ3) is 6.34. The molecule has 0 spiro atoms. The van der Waals surface area contributed by atoms with Gasteiger partial charge in [-0.05, 0) is 13.3 Å². The number of hydrogen-bond acceptors (Lipinski definition) is 3. The minimum absolute atomic E-state index is 0.271. The van der Waals surface area contributed by atoms with E-state index >= 15 is 0 Å². The highest BCUT2D eigenvalue weighted by atomic mass is 16.5. The van der Waals surface area contributed by atoms with Crippen LogP contribution in [0.1, 0.15) is 33.1 Å². The minimum atomic E-state index is -0.385. The lowest BCUT2D eigenvalue weighted by atomic mass is 10.1. The van der Waals surface area contributed by atoms with Crippen LogP contribution in [-0.2, 0) is 9.53 Å². The number of ether oxygens (including phenoxy) is 1. The van der Waals surface area contributed by atoms with E-state index in [2.05, 4.69) is 6.58 Å². The van der Waals surface area contributed by atoms with Crippen LogP contribution < -0.4 is 0 Å². The largest absolute Gasteiger partial charge is 0.462 e. The summed E-state index contributed by atoms with van der Waals surface area (Å²) in [5, 5.41) is 9.29. The zero-order valence-electron chi connectivity index (χ0n) is 8.38. The Bertz CT molecular complexity index is 175. The molecular weight excluding hydrogens is 168 g/mol. The predicted octanol–water partition coefficient (Wildman–Crippen LogP) is 1.66. The normalized spacial score (nSPS) is 12.2.